The average Bonchev–Trinajstić information content (AvgIpc) is 2.98. The summed E-state index contributed by atoms with van der Waals surface area (Å²) >= 11 is 1.58. The van der Waals surface area contributed by atoms with Crippen LogP contribution in [0.1, 0.15) is 29.6 Å². The number of aromatic nitrogens is 3. The number of hydrogen-bond donors (Lipinski definition) is 1. The van der Waals surface area contributed by atoms with Gasteiger partial charge in [-0.05, 0) is 32.9 Å². The van der Waals surface area contributed by atoms with Crippen LogP contribution in [0.5, 0.6) is 0 Å². The predicted molar refractivity (Wildman–Crippen MR) is 65.0 cm³/mol. The van der Waals surface area contributed by atoms with E-state index in [4.69, 9.17) is 4.52 Å². The molecule has 0 amide bonds. The van der Waals surface area contributed by atoms with E-state index in [9.17, 15) is 0 Å². The van der Waals surface area contributed by atoms with Crippen molar-refractivity contribution in [2.24, 2.45) is 0 Å². The summed E-state index contributed by atoms with van der Waals surface area (Å²) < 4.78 is 5.31. The highest BCUT2D eigenvalue weighted by molar-refractivity contribution is 7.14. The molecule has 1 fully saturated rings. The summed E-state index contributed by atoms with van der Waals surface area (Å²) in [7, 11) is 0. The molecule has 1 aliphatic rings. The van der Waals surface area contributed by atoms with Crippen molar-refractivity contribution in [2.45, 2.75) is 25.7 Å². The molecule has 0 saturated carbocycles. The molecule has 17 heavy (non-hydrogen) atoms. The van der Waals surface area contributed by atoms with Crippen LogP contribution in [-0.2, 0) is 0 Å². The van der Waals surface area contributed by atoms with Gasteiger partial charge in [-0.15, -0.1) is 11.3 Å². The maximum absolute atomic E-state index is 5.31. The number of thiazole rings is 1. The minimum absolute atomic E-state index is 0.433. The summed E-state index contributed by atoms with van der Waals surface area (Å²) in [6.45, 7) is 4.04. The maximum Gasteiger partial charge on any atom is 0.269 e. The minimum atomic E-state index is 0.433. The SMILES string of the molecule is Cc1ncc(-c2nc(C3CCNCC3)no2)s1. The van der Waals surface area contributed by atoms with Gasteiger partial charge in [-0.1, -0.05) is 5.16 Å². The number of hydrogen-bond acceptors (Lipinski definition) is 6. The van der Waals surface area contributed by atoms with Gasteiger partial charge in [0.2, 0.25) is 0 Å². The van der Waals surface area contributed by atoms with Crippen LogP contribution in [-0.4, -0.2) is 28.2 Å². The smallest absolute Gasteiger partial charge is 0.269 e. The molecule has 0 radical (unpaired) electrons. The largest absolute Gasteiger partial charge is 0.333 e. The third-order valence-corrected chi connectivity index (χ3v) is 3.88. The van der Waals surface area contributed by atoms with Gasteiger partial charge in [0, 0.05) is 5.92 Å². The highest BCUT2D eigenvalue weighted by Crippen LogP contribution is 2.28. The van der Waals surface area contributed by atoms with Crippen molar-refractivity contribution in [1.29, 1.82) is 0 Å². The Balaban J connectivity index is 1.82. The molecule has 1 aliphatic heterocycles. The molecule has 90 valence electrons. The van der Waals surface area contributed by atoms with Crippen molar-refractivity contribution in [3.8, 4) is 10.8 Å². The Kier molecular flexibility index (Phi) is 2.90. The fraction of sp³-hybridized carbons (Fsp3) is 0.545. The topological polar surface area (TPSA) is 63.8 Å². The molecule has 0 atom stereocenters. The summed E-state index contributed by atoms with van der Waals surface area (Å²) in [5.74, 6) is 1.87. The van der Waals surface area contributed by atoms with Gasteiger partial charge in [0.25, 0.3) is 5.89 Å². The molecular weight excluding hydrogens is 236 g/mol. The number of nitrogens with zero attached hydrogens (tertiary/aromatic N) is 3. The zero-order chi connectivity index (χ0) is 11.7. The molecule has 0 bridgehead atoms. The summed E-state index contributed by atoms with van der Waals surface area (Å²) in [5.41, 5.74) is 0. The monoisotopic (exact) mass is 250 g/mol. The van der Waals surface area contributed by atoms with E-state index in [-0.39, 0.29) is 0 Å². The highest BCUT2D eigenvalue weighted by Gasteiger charge is 2.21. The second-order valence-electron chi connectivity index (χ2n) is 4.23. The molecule has 3 heterocycles. The lowest BCUT2D eigenvalue weighted by Gasteiger charge is -2.18. The maximum atomic E-state index is 5.31. The Morgan fingerprint density at radius 2 is 2.24 bits per heavy atom. The van der Waals surface area contributed by atoms with Gasteiger partial charge in [-0.3, -0.25) is 0 Å². The molecule has 0 unspecified atom stereocenters. The molecule has 6 heteroatoms. The van der Waals surface area contributed by atoms with Crippen LogP contribution in [0.2, 0.25) is 0 Å². The molecule has 3 rings (SSSR count). The van der Waals surface area contributed by atoms with Gasteiger partial charge in [0.15, 0.2) is 5.82 Å². The highest BCUT2D eigenvalue weighted by atomic mass is 32.1. The zero-order valence-electron chi connectivity index (χ0n) is 9.64. The number of rotatable bonds is 2. The Bertz CT molecular complexity index is 501. The summed E-state index contributed by atoms with van der Waals surface area (Å²) in [4.78, 5) is 9.63. The standard InChI is InChI=1S/C11H14N4OS/c1-7-13-6-9(17-7)11-14-10(15-16-11)8-2-4-12-5-3-8/h6,8,12H,2-5H2,1H3. The van der Waals surface area contributed by atoms with Crippen molar-refractivity contribution in [3.05, 3.63) is 17.0 Å². The first kappa shape index (κ1) is 10.9. The van der Waals surface area contributed by atoms with E-state index in [2.05, 4.69) is 20.4 Å². The first-order valence-corrected chi connectivity index (χ1v) is 6.62. The van der Waals surface area contributed by atoms with Crippen LogP contribution in [0, 0.1) is 6.92 Å². The van der Waals surface area contributed by atoms with Crippen LogP contribution in [0.3, 0.4) is 0 Å². The van der Waals surface area contributed by atoms with E-state index in [1.807, 2.05) is 6.92 Å². The quantitative estimate of drug-likeness (QED) is 0.882. The molecule has 1 N–H and O–H groups in total. The fourth-order valence-electron chi connectivity index (χ4n) is 2.04. The normalized spacial score (nSPS) is 17.5. The third kappa shape index (κ3) is 2.23. The second-order valence-corrected chi connectivity index (χ2v) is 5.46. The van der Waals surface area contributed by atoms with Crippen LogP contribution in [0.4, 0.5) is 0 Å². The summed E-state index contributed by atoms with van der Waals surface area (Å²) in [6.07, 6.45) is 3.96. The number of nitrogens with one attached hydrogen (secondary N) is 1. The van der Waals surface area contributed by atoms with Gasteiger partial charge in [0.05, 0.1) is 11.2 Å². The molecule has 2 aromatic rings. The summed E-state index contributed by atoms with van der Waals surface area (Å²) in [5, 5.41) is 8.44. The van der Waals surface area contributed by atoms with Gasteiger partial charge in [-0.2, -0.15) is 4.98 Å². The van der Waals surface area contributed by atoms with E-state index >= 15 is 0 Å². The molecule has 0 aliphatic carbocycles. The molecule has 0 aromatic carbocycles. The van der Waals surface area contributed by atoms with Crippen molar-refractivity contribution >= 4 is 11.3 Å². The molecule has 1 saturated heterocycles. The van der Waals surface area contributed by atoms with Gasteiger partial charge in [0.1, 0.15) is 4.88 Å². The summed E-state index contributed by atoms with van der Waals surface area (Å²) in [6, 6.07) is 0. The Morgan fingerprint density at radius 1 is 1.41 bits per heavy atom. The Hall–Kier alpha value is -1.27. The number of aryl methyl sites for hydroxylation is 1. The van der Waals surface area contributed by atoms with Crippen molar-refractivity contribution in [3.63, 3.8) is 0 Å². The van der Waals surface area contributed by atoms with Gasteiger partial charge >= 0.3 is 0 Å². The minimum Gasteiger partial charge on any atom is -0.333 e. The van der Waals surface area contributed by atoms with Crippen LogP contribution >= 0.6 is 11.3 Å². The molecule has 2 aromatic heterocycles. The first-order chi connectivity index (χ1) is 8.33. The zero-order valence-corrected chi connectivity index (χ0v) is 10.5. The molecule has 5 nitrogen and oxygen atoms in total. The average molecular weight is 250 g/mol. The van der Waals surface area contributed by atoms with E-state index in [0.717, 1.165) is 41.6 Å². The second kappa shape index (κ2) is 4.54. The fourth-order valence-corrected chi connectivity index (χ4v) is 2.74. The van der Waals surface area contributed by atoms with Crippen LogP contribution in [0.25, 0.3) is 10.8 Å². The molecule has 0 spiro atoms. The lowest BCUT2D eigenvalue weighted by atomic mass is 9.98. The van der Waals surface area contributed by atoms with Gasteiger partial charge in [-0.25, -0.2) is 4.98 Å². The Labute approximate surface area is 103 Å². The lowest BCUT2D eigenvalue weighted by molar-refractivity contribution is 0.392. The van der Waals surface area contributed by atoms with Gasteiger partial charge < -0.3 is 9.84 Å². The first-order valence-electron chi connectivity index (χ1n) is 5.80. The van der Waals surface area contributed by atoms with Crippen molar-refractivity contribution in [2.75, 3.05) is 13.1 Å². The van der Waals surface area contributed by atoms with Crippen LogP contribution < -0.4 is 5.32 Å². The Morgan fingerprint density at radius 3 is 2.94 bits per heavy atom. The third-order valence-electron chi connectivity index (χ3n) is 2.98. The molecular formula is C11H14N4OS. The van der Waals surface area contributed by atoms with E-state index in [1.54, 1.807) is 17.5 Å². The van der Waals surface area contributed by atoms with Crippen molar-refractivity contribution in [1.82, 2.24) is 20.4 Å². The van der Waals surface area contributed by atoms with E-state index in [0.29, 0.717) is 11.8 Å². The van der Waals surface area contributed by atoms with Crippen molar-refractivity contribution < 1.29 is 4.52 Å². The van der Waals surface area contributed by atoms with E-state index in [1.165, 1.54) is 0 Å². The number of piperidine rings is 1. The van der Waals surface area contributed by atoms with E-state index < -0.39 is 0 Å². The predicted octanol–water partition coefficient (Wildman–Crippen LogP) is 1.97. The van der Waals surface area contributed by atoms with Crippen LogP contribution in [0.15, 0.2) is 10.7 Å². The lowest BCUT2D eigenvalue weighted by Crippen LogP contribution is -2.27.